The number of nitrogens with zero attached hydrogens (tertiary/aromatic N) is 2. The Morgan fingerprint density at radius 2 is 2.29 bits per heavy atom. The van der Waals surface area contributed by atoms with Crippen molar-refractivity contribution >= 4 is 71.7 Å². The number of thioether (sulfide) groups is 1. The van der Waals surface area contributed by atoms with Gasteiger partial charge in [-0.2, -0.15) is 0 Å². The highest BCUT2D eigenvalue weighted by Crippen LogP contribution is 2.41. The molecule has 4 heterocycles. The topological polar surface area (TPSA) is 15.6 Å². The summed E-state index contributed by atoms with van der Waals surface area (Å²) >= 11 is 5.47. The molecule has 2 aliphatic rings. The van der Waals surface area contributed by atoms with E-state index in [4.69, 9.17) is 0 Å². The zero-order valence-electron chi connectivity index (χ0n) is 8.75. The lowest BCUT2D eigenvalue weighted by Crippen LogP contribution is -2.19. The van der Waals surface area contributed by atoms with Crippen LogP contribution < -0.4 is 0 Å². The first kappa shape index (κ1) is 11.8. The second-order valence-electron chi connectivity index (χ2n) is 3.71. The fourth-order valence-corrected chi connectivity index (χ4v) is 5.17. The molecule has 0 amide bonds. The summed E-state index contributed by atoms with van der Waals surface area (Å²) in [5.41, 5.74) is 1.34. The Labute approximate surface area is 122 Å². The third-order valence-corrected chi connectivity index (χ3v) is 5.90. The van der Waals surface area contributed by atoms with Crippen LogP contribution in [0.15, 0.2) is 27.9 Å². The summed E-state index contributed by atoms with van der Waals surface area (Å²) in [6.45, 7) is 1.99. The molecule has 0 aromatic carbocycles. The van der Waals surface area contributed by atoms with Crippen molar-refractivity contribution < 1.29 is 0 Å². The summed E-state index contributed by atoms with van der Waals surface area (Å²) in [6, 6.07) is 4.49. The van der Waals surface area contributed by atoms with Crippen LogP contribution in [0.1, 0.15) is 4.88 Å². The molecule has 2 aromatic heterocycles. The quantitative estimate of drug-likeness (QED) is 0.768. The summed E-state index contributed by atoms with van der Waals surface area (Å²) in [4.78, 5) is 8.19. The van der Waals surface area contributed by atoms with Crippen LogP contribution in [-0.4, -0.2) is 23.2 Å². The Kier molecular flexibility index (Phi) is 3.06. The number of amidine groups is 1. The molecule has 0 N–H and O–H groups in total. The Balaban J connectivity index is 0.000000902. The zero-order valence-corrected chi connectivity index (χ0v) is 12.9. The summed E-state index contributed by atoms with van der Waals surface area (Å²) in [7, 11) is 0. The van der Waals surface area contributed by atoms with Gasteiger partial charge < -0.3 is 4.90 Å². The normalized spacial score (nSPS) is 18.0. The van der Waals surface area contributed by atoms with Gasteiger partial charge >= 0.3 is 0 Å². The Morgan fingerprint density at radius 3 is 3.18 bits per heavy atom. The molecule has 0 saturated carbocycles. The number of rotatable bonds is 1. The molecule has 0 spiro atoms. The third-order valence-electron chi connectivity index (χ3n) is 2.77. The number of hydrogen-bond acceptors (Lipinski definition) is 5. The molecule has 88 valence electrons. The van der Waals surface area contributed by atoms with E-state index >= 15 is 0 Å². The number of aliphatic imine (C=N–C) groups is 1. The molecule has 0 aliphatic carbocycles. The maximum Gasteiger partial charge on any atom is 0.168 e. The number of hydrogen-bond donors (Lipinski definition) is 0. The zero-order chi connectivity index (χ0) is 10.5. The van der Waals surface area contributed by atoms with E-state index in [9.17, 15) is 0 Å². The molecule has 0 saturated heterocycles. The van der Waals surface area contributed by atoms with Crippen molar-refractivity contribution in [2.75, 3.05) is 13.1 Å². The summed E-state index contributed by atoms with van der Waals surface area (Å²) in [5.74, 6) is 0. The van der Waals surface area contributed by atoms with Crippen molar-refractivity contribution in [2.24, 2.45) is 4.99 Å². The monoisotopic (exact) mass is 344 g/mol. The van der Waals surface area contributed by atoms with E-state index in [0.29, 0.717) is 0 Å². The lowest BCUT2D eigenvalue weighted by Gasteiger charge is -2.14. The lowest BCUT2D eigenvalue weighted by molar-refractivity contribution is 0.652. The van der Waals surface area contributed by atoms with Crippen LogP contribution >= 0.6 is 51.4 Å². The smallest absolute Gasteiger partial charge is 0.168 e. The molecule has 6 heteroatoms. The summed E-state index contributed by atoms with van der Waals surface area (Å²) in [5, 5.41) is 6.94. The average molecular weight is 345 g/mol. The van der Waals surface area contributed by atoms with Crippen LogP contribution in [0.3, 0.4) is 0 Å². The van der Waals surface area contributed by atoms with E-state index in [0.717, 1.165) is 13.1 Å². The van der Waals surface area contributed by atoms with E-state index in [1.807, 2.05) is 22.7 Å². The van der Waals surface area contributed by atoms with Gasteiger partial charge in [-0.25, -0.2) is 0 Å². The van der Waals surface area contributed by atoms with Crippen molar-refractivity contribution in [2.45, 2.75) is 0 Å². The third kappa shape index (κ3) is 1.78. The van der Waals surface area contributed by atoms with E-state index < -0.39 is 0 Å². The van der Waals surface area contributed by atoms with E-state index in [1.54, 1.807) is 11.8 Å². The number of fused-ring (bicyclic) bond motifs is 2. The minimum Gasteiger partial charge on any atom is -0.317 e. The van der Waals surface area contributed by atoms with Gasteiger partial charge in [0.25, 0.3) is 0 Å². The van der Waals surface area contributed by atoms with Gasteiger partial charge in [-0.3, -0.25) is 4.99 Å². The first-order valence-electron chi connectivity index (χ1n) is 5.08. The van der Waals surface area contributed by atoms with Crippen LogP contribution in [0.4, 0.5) is 0 Å². The van der Waals surface area contributed by atoms with Crippen LogP contribution in [0.5, 0.6) is 0 Å². The highest BCUT2D eigenvalue weighted by molar-refractivity contribution is 8.93. The van der Waals surface area contributed by atoms with E-state index in [1.165, 1.54) is 25.1 Å². The predicted molar refractivity (Wildman–Crippen MR) is 84.6 cm³/mol. The largest absolute Gasteiger partial charge is 0.317 e. The molecule has 2 aromatic rings. The summed E-state index contributed by atoms with van der Waals surface area (Å²) in [6.07, 6.45) is 0. The molecule has 0 unspecified atom stereocenters. The van der Waals surface area contributed by atoms with Gasteiger partial charge in [0.05, 0.1) is 21.1 Å². The molecule has 2 nitrogen and oxygen atoms in total. The average Bonchev–Trinajstić information content (AvgIpc) is 2.95. The van der Waals surface area contributed by atoms with Gasteiger partial charge in [-0.15, -0.1) is 39.7 Å². The standard InChI is InChI=1S/C11H8N2S3.BrH/c1-4-14-10-7(1)5-9(16-10)8-6-15-11-12-2-3-13(8)11;/h1,4-6H,2-3H2;1H. The molecule has 2 aliphatic heterocycles. The van der Waals surface area contributed by atoms with Gasteiger partial charge in [0.15, 0.2) is 5.17 Å². The van der Waals surface area contributed by atoms with E-state index in [-0.39, 0.29) is 17.0 Å². The van der Waals surface area contributed by atoms with Crippen LogP contribution in [0.25, 0.3) is 15.1 Å². The van der Waals surface area contributed by atoms with Gasteiger partial charge in [-0.1, -0.05) is 11.8 Å². The fraction of sp³-hybridized carbons (Fsp3) is 0.182. The molecule has 0 radical (unpaired) electrons. The van der Waals surface area contributed by atoms with Crippen LogP contribution in [0.2, 0.25) is 0 Å². The highest BCUT2D eigenvalue weighted by atomic mass is 79.9. The second kappa shape index (κ2) is 4.42. The predicted octanol–water partition coefficient (Wildman–Crippen LogP) is 4.26. The Morgan fingerprint density at radius 1 is 1.35 bits per heavy atom. The molecule has 0 bridgehead atoms. The van der Waals surface area contributed by atoms with Gasteiger partial charge in [0.1, 0.15) is 0 Å². The summed E-state index contributed by atoms with van der Waals surface area (Å²) < 4.78 is 1.42. The van der Waals surface area contributed by atoms with Crippen molar-refractivity contribution in [3.8, 4) is 0 Å². The maximum absolute atomic E-state index is 4.48. The minimum atomic E-state index is 0. The fourth-order valence-electron chi connectivity index (χ4n) is 2.01. The van der Waals surface area contributed by atoms with Crippen molar-refractivity contribution in [3.05, 3.63) is 27.8 Å². The first-order valence-corrected chi connectivity index (χ1v) is 7.66. The van der Waals surface area contributed by atoms with Gasteiger partial charge in [0, 0.05) is 17.3 Å². The van der Waals surface area contributed by atoms with Crippen LogP contribution in [-0.2, 0) is 0 Å². The Bertz CT molecular complexity index is 597. The molecule has 0 fully saturated rings. The minimum absolute atomic E-state index is 0. The second-order valence-corrected chi connectivity index (χ2v) is 6.77. The van der Waals surface area contributed by atoms with Crippen molar-refractivity contribution in [1.82, 2.24) is 4.90 Å². The number of thiophene rings is 2. The molecular weight excluding hydrogens is 336 g/mol. The molecule has 4 rings (SSSR count). The molecular formula is C11H9BrN2S3. The Hall–Kier alpha value is -0.300. The van der Waals surface area contributed by atoms with E-state index in [2.05, 4.69) is 32.8 Å². The lowest BCUT2D eigenvalue weighted by atomic mass is 10.3. The molecule has 17 heavy (non-hydrogen) atoms. The SMILES string of the molecule is Br.C1=C(c2cc3ccsc3s2)N2CCN=C2S1. The van der Waals surface area contributed by atoms with Crippen molar-refractivity contribution in [3.63, 3.8) is 0 Å². The molecule has 0 atom stereocenters. The van der Waals surface area contributed by atoms with Gasteiger partial charge in [0.2, 0.25) is 0 Å². The number of halogens is 1. The maximum atomic E-state index is 4.48. The highest BCUT2D eigenvalue weighted by Gasteiger charge is 2.28. The van der Waals surface area contributed by atoms with Gasteiger partial charge in [-0.05, 0) is 17.5 Å². The van der Waals surface area contributed by atoms with Crippen LogP contribution in [0, 0.1) is 0 Å². The first-order chi connectivity index (χ1) is 7.92. The van der Waals surface area contributed by atoms with Crippen molar-refractivity contribution in [1.29, 1.82) is 0 Å².